The van der Waals surface area contributed by atoms with E-state index in [1.54, 1.807) is 0 Å². The fraction of sp³-hybridized carbons (Fsp3) is 0.333. The van der Waals surface area contributed by atoms with Gasteiger partial charge in [0.2, 0.25) is 0 Å². The molecular weight excluding hydrogens is 310 g/mol. The molecule has 23 heavy (non-hydrogen) atoms. The molecule has 0 spiro atoms. The zero-order valence-corrected chi connectivity index (χ0v) is 14.2. The summed E-state index contributed by atoms with van der Waals surface area (Å²) in [7, 11) is -3.90. The molecule has 0 bridgehead atoms. The van der Waals surface area contributed by atoms with Crippen LogP contribution in [0.25, 0.3) is 0 Å². The largest absolute Gasteiger partial charge is 0.371 e. The second kappa shape index (κ2) is 8.13. The predicted molar refractivity (Wildman–Crippen MR) is 94.6 cm³/mol. The Bertz CT molecular complexity index is 714. The van der Waals surface area contributed by atoms with Crippen LogP contribution in [-0.2, 0) is 16.5 Å². The summed E-state index contributed by atoms with van der Waals surface area (Å²) < 4.78 is 30.7. The third kappa shape index (κ3) is 6.42. The number of benzene rings is 2. The minimum Gasteiger partial charge on any atom is -0.371 e. The summed E-state index contributed by atoms with van der Waals surface area (Å²) in [6, 6.07) is 18.4. The molecule has 0 radical (unpaired) electrons. The first-order valence-corrected chi connectivity index (χ1v) is 9.36. The van der Waals surface area contributed by atoms with E-state index >= 15 is 0 Å². The fourth-order valence-corrected chi connectivity index (χ4v) is 3.04. The van der Waals surface area contributed by atoms with Crippen molar-refractivity contribution in [2.45, 2.75) is 19.8 Å². The first kappa shape index (κ1) is 17.5. The van der Waals surface area contributed by atoms with Gasteiger partial charge in [0.25, 0.3) is 10.1 Å². The second-order valence-electron chi connectivity index (χ2n) is 5.70. The van der Waals surface area contributed by atoms with Gasteiger partial charge in [-0.15, -0.1) is 0 Å². The minimum atomic E-state index is -3.90. The van der Waals surface area contributed by atoms with Crippen molar-refractivity contribution >= 4 is 15.8 Å². The summed E-state index contributed by atoms with van der Waals surface area (Å²) >= 11 is 0. The van der Waals surface area contributed by atoms with Gasteiger partial charge in [0.05, 0.1) is 5.75 Å². The normalized spacial score (nSPS) is 11.4. The summed E-state index contributed by atoms with van der Waals surface area (Å²) in [6.07, 6.45) is 1.29. The van der Waals surface area contributed by atoms with Crippen LogP contribution < -0.4 is 4.90 Å². The van der Waals surface area contributed by atoms with Crippen LogP contribution in [0.5, 0.6) is 0 Å². The van der Waals surface area contributed by atoms with Gasteiger partial charge in [-0.1, -0.05) is 42.5 Å². The molecule has 0 saturated carbocycles. The molecule has 0 aromatic heterocycles. The summed E-state index contributed by atoms with van der Waals surface area (Å²) in [5.74, 6) is -0.208. The first-order chi connectivity index (χ1) is 10.9. The smallest absolute Gasteiger partial charge is 0.264 e. The standard InChI is InChI=1S/C18H23NO3S/c1-16-7-5-10-18(15-16)19(12-6-14-23(20,21)22)13-11-17-8-3-2-4-9-17/h2-5,7-10,15H,6,11-14H2,1H3,(H,20,21,22). The molecule has 0 atom stereocenters. The van der Waals surface area contributed by atoms with E-state index in [9.17, 15) is 8.42 Å². The third-order valence-electron chi connectivity index (χ3n) is 3.71. The van der Waals surface area contributed by atoms with Crippen LogP contribution in [0.3, 0.4) is 0 Å². The highest BCUT2D eigenvalue weighted by Gasteiger charge is 2.10. The van der Waals surface area contributed by atoms with Crippen molar-refractivity contribution in [2.24, 2.45) is 0 Å². The Kier molecular flexibility index (Phi) is 6.19. The lowest BCUT2D eigenvalue weighted by Gasteiger charge is -2.25. The Morgan fingerprint density at radius 3 is 2.39 bits per heavy atom. The van der Waals surface area contributed by atoms with Crippen LogP contribution >= 0.6 is 0 Å². The molecule has 2 rings (SSSR count). The van der Waals surface area contributed by atoms with Crippen molar-refractivity contribution in [3.63, 3.8) is 0 Å². The lowest BCUT2D eigenvalue weighted by atomic mass is 10.1. The van der Waals surface area contributed by atoms with Crippen LogP contribution in [-0.4, -0.2) is 31.8 Å². The molecule has 0 saturated heterocycles. The lowest BCUT2D eigenvalue weighted by Crippen LogP contribution is -2.28. The van der Waals surface area contributed by atoms with Crippen molar-refractivity contribution in [2.75, 3.05) is 23.7 Å². The Morgan fingerprint density at radius 2 is 1.74 bits per heavy atom. The highest BCUT2D eigenvalue weighted by atomic mass is 32.2. The van der Waals surface area contributed by atoms with E-state index in [0.717, 1.165) is 18.7 Å². The quantitative estimate of drug-likeness (QED) is 0.753. The zero-order chi connectivity index (χ0) is 16.7. The van der Waals surface area contributed by atoms with Gasteiger partial charge in [-0.3, -0.25) is 4.55 Å². The van der Waals surface area contributed by atoms with Gasteiger partial charge in [-0.05, 0) is 43.0 Å². The van der Waals surface area contributed by atoms with Crippen molar-refractivity contribution in [3.05, 3.63) is 65.7 Å². The molecule has 0 amide bonds. The molecule has 0 heterocycles. The zero-order valence-electron chi connectivity index (χ0n) is 13.4. The Labute approximate surface area is 138 Å². The first-order valence-electron chi connectivity index (χ1n) is 7.75. The molecule has 0 aliphatic carbocycles. The molecule has 1 N–H and O–H groups in total. The van der Waals surface area contributed by atoms with Crippen LogP contribution in [0.2, 0.25) is 0 Å². The summed E-state index contributed by atoms with van der Waals surface area (Å²) in [5, 5.41) is 0. The summed E-state index contributed by atoms with van der Waals surface area (Å²) in [4.78, 5) is 2.17. The Balaban J connectivity index is 2.04. The molecule has 0 aliphatic rings. The fourth-order valence-electron chi connectivity index (χ4n) is 2.54. The molecule has 5 heteroatoms. The van der Waals surface area contributed by atoms with E-state index in [1.165, 1.54) is 11.1 Å². The Hall–Kier alpha value is -1.85. The number of hydrogen-bond donors (Lipinski definition) is 1. The van der Waals surface area contributed by atoms with Crippen molar-refractivity contribution in [1.82, 2.24) is 0 Å². The van der Waals surface area contributed by atoms with E-state index in [1.807, 2.05) is 43.3 Å². The molecule has 0 aliphatic heterocycles. The average molecular weight is 333 g/mol. The van der Waals surface area contributed by atoms with Crippen LogP contribution in [0.1, 0.15) is 17.5 Å². The highest BCUT2D eigenvalue weighted by molar-refractivity contribution is 7.85. The predicted octanol–water partition coefficient (Wildman–Crippen LogP) is 3.32. The van der Waals surface area contributed by atoms with Gasteiger partial charge >= 0.3 is 0 Å². The molecule has 124 valence electrons. The number of nitrogens with zero attached hydrogens (tertiary/aromatic N) is 1. The van der Waals surface area contributed by atoms with Crippen LogP contribution in [0, 0.1) is 6.92 Å². The maximum atomic E-state index is 10.9. The van der Waals surface area contributed by atoms with E-state index in [0.29, 0.717) is 13.0 Å². The van der Waals surface area contributed by atoms with E-state index < -0.39 is 10.1 Å². The van der Waals surface area contributed by atoms with Crippen molar-refractivity contribution in [1.29, 1.82) is 0 Å². The van der Waals surface area contributed by atoms with E-state index in [2.05, 4.69) is 23.1 Å². The molecule has 2 aromatic carbocycles. The van der Waals surface area contributed by atoms with Gasteiger partial charge in [-0.2, -0.15) is 8.42 Å². The van der Waals surface area contributed by atoms with Crippen LogP contribution in [0.15, 0.2) is 54.6 Å². The minimum absolute atomic E-state index is 0.208. The maximum Gasteiger partial charge on any atom is 0.264 e. The second-order valence-corrected chi connectivity index (χ2v) is 7.27. The molecule has 2 aromatic rings. The maximum absolute atomic E-state index is 10.9. The van der Waals surface area contributed by atoms with Gasteiger partial charge in [-0.25, -0.2) is 0 Å². The molecule has 4 nitrogen and oxygen atoms in total. The third-order valence-corrected chi connectivity index (χ3v) is 4.51. The number of aryl methyl sites for hydroxylation is 1. The van der Waals surface area contributed by atoms with Gasteiger partial charge in [0.1, 0.15) is 0 Å². The van der Waals surface area contributed by atoms with Gasteiger partial charge in [0, 0.05) is 18.8 Å². The van der Waals surface area contributed by atoms with E-state index in [4.69, 9.17) is 4.55 Å². The number of hydrogen-bond acceptors (Lipinski definition) is 3. The van der Waals surface area contributed by atoms with Crippen molar-refractivity contribution in [3.8, 4) is 0 Å². The molecule has 0 unspecified atom stereocenters. The molecule has 0 fully saturated rings. The van der Waals surface area contributed by atoms with Crippen molar-refractivity contribution < 1.29 is 13.0 Å². The Morgan fingerprint density at radius 1 is 1.00 bits per heavy atom. The summed E-state index contributed by atoms with van der Waals surface area (Å²) in [6.45, 7) is 3.44. The van der Waals surface area contributed by atoms with Crippen LogP contribution in [0.4, 0.5) is 5.69 Å². The summed E-state index contributed by atoms with van der Waals surface area (Å²) in [5.41, 5.74) is 3.50. The lowest BCUT2D eigenvalue weighted by molar-refractivity contribution is 0.481. The van der Waals surface area contributed by atoms with E-state index in [-0.39, 0.29) is 5.75 Å². The van der Waals surface area contributed by atoms with Gasteiger partial charge < -0.3 is 4.90 Å². The monoisotopic (exact) mass is 333 g/mol. The average Bonchev–Trinajstić information content (AvgIpc) is 2.50. The van der Waals surface area contributed by atoms with Gasteiger partial charge in [0.15, 0.2) is 0 Å². The SMILES string of the molecule is Cc1cccc(N(CCCS(=O)(=O)O)CCc2ccccc2)c1. The number of rotatable bonds is 8. The highest BCUT2D eigenvalue weighted by Crippen LogP contribution is 2.17. The number of anilines is 1. The topological polar surface area (TPSA) is 57.6 Å². The molecular formula is C18H23NO3S.